The maximum atomic E-state index is 15.9. The van der Waals surface area contributed by atoms with Gasteiger partial charge in [0, 0.05) is 156 Å². The lowest BCUT2D eigenvalue weighted by atomic mass is 9.79. The van der Waals surface area contributed by atoms with Crippen LogP contribution in [0.3, 0.4) is 0 Å². The van der Waals surface area contributed by atoms with Crippen LogP contribution in [0.5, 0.6) is 0 Å². The van der Waals surface area contributed by atoms with E-state index in [4.69, 9.17) is 9.47 Å². The third-order valence-corrected chi connectivity index (χ3v) is 17.6. The van der Waals surface area contributed by atoms with Gasteiger partial charge in [-0.1, -0.05) is 121 Å². The zero-order chi connectivity index (χ0) is 66.6. The van der Waals surface area contributed by atoms with Crippen LogP contribution in [0.2, 0.25) is 0 Å². The molecule has 2 heterocycles. The number of esters is 2. The van der Waals surface area contributed by atoms with Gasteiger partial charge in [-0.25, -0.2) is 9.59 Å². The largest absolute Gasteiger partial charge is 0.442 e. The van der Waals surface area contributed by atoms with Crippen molar-refractivity contribution in [3.63, 3.8) is 0 Å². The molecular weight excluding hydrogens is 1160 g/mol. The van der Waals surface area contributed by atoms with Gasteiger partial charge in [-0.2, -0.15) is 0 Å². The number of ether oxygens (including phenoxy) is 2. The summed E-state index contributed by atoms with van der Waals surface area (Å²) in [5.41, 5.74) is 16.5. The van der Waals surface area contributed by atoms with E-state index in [9.17, 15) is 0 Å². The van der Waals surface area contributed by atoms with Crippen molar-refractivity contribution in [2.75, 3.05) is 128 Å². The minimum absolute atomic E-state index is 0.283. The molecule has 2 unspecified atom stereocenters. The molecule has 2 aliphatic heterocycles. The lowest BCUT2D eigenvalue weighted by Crippen LogP contribution is -2.23. The van der Waals surface area contributed by atoms with Crippen LogP contribution in [0.15, 0.2) is 241 Å². The Hall–Kier alpha value is -11.0. The van der Waals surface area contributed by atoms with Crippen molar-refractivity contribution in [1.82, 2.24) is 0 Å². The Bertz CT molecular complexity index is 4030. The highest BCUT2D eigenvalue weighted by molar-refractivity contribution is 6.04. The number of benzene rings is 9. The zero-order valence-corrected chi connectivity index (χ0v) is 56.3. The van der Waals surface area contributed by atoms with Crippen LogP contribution in [-0.2, 0) is 20.7 Å². The number of carbonyl (C=O) groups is 2. The summed E-state index contributed by atoms with van der Waals surface area (Å²) in [6.45, 7) is 0. The Labute approximate surface area is 554 Å². The lowest BCUT2D eigenvalue weighted by Gasteiger charge is -2.28. The van der Waals surface area contributed by atoms with Gasteiger partial charge in [0.25, 0.3) is 0 Å². The second kappa shape index (κ2) is 27.1. The van der Waals surface area contributed by atoms with E-state index >= 15 is 9.59 Å². The number of nitrogens with zero attached hydrogens (tertiary/aromatic N) is 8. The third-order valence-electron chi connectivity index (χ3n) is 17.6. The molecule has 0 bridgehead atoms. The van der Waals surface area contributed by atoms with Crippen molar-refractivity contribution >= 4 is 80.8 Å². The monoisotopic (exact) mass is 1240 g/mol. The van der Waals surface area contributed by atoms with Gasteiger partial charge >= 0.3 is 11.9 Å². The minimum Gasteiger partial charge on any atom is -0.442 e. The number of aliphatic imine (C=N–C) groups is 2. The molecule has 0 aliphatic carbocycles. The van der Waals surface area contributed by atoms with E-state index in [0.717, 1.165) is 112 Å². The first-order valence-corrected chi connectivity index (χ1v) is 31.5. The summed E-state index contributed by atoms with van der Waals surface area (Å²) in [4.78, 5) is 52.9. The number of cyclic esters (lactones) is 2. The second-order valence-electron chi connectivity index (χ2n) is 25.2. The van der Waals surface area contributed by atoms with Gasteiger partial charge < -0.3 is 38.9 Å². The highest BCUT2D eigenvalue weighted by atomic mass is 16.6. The molecule has 0 fully saturated rings. The fourth-order valence-corrected chi connectivity index (χ4v) is 12.2. The second-order valence-corrected chi connectivity index (χ2v) is 25.2. The standard InChI is InChI=1S/C82H82N8O4/c1-83-53-55-15-19-57(20-16-55)73(59-23-35-65(36-24-59)85(3)4)49-81(51-75(61-27-39-67(40-28-61)87(7)8)62-29-41-68(42-30-62)88(9)10)77-47-72-78(48-71(77)79(91)93-81)82(94-80(72)92,50-74(58-21-17-56(18-22-58)54-84-2)60-25-37-66(38-26-60)86(5)6)52-76(63-31-43-69(44-32-63)89(11)12)64-33-45-70(46-34-64)90(13)14/h15-54H,1-14H3/b73-49-,74-50+,83-53?,84-54?. The third kappa shape index (κ3) is 13.4. The molecule has 12 nitrogen and oxygen atoms in total. The van der Waals surface area contributed by atoms with Gasteiger partial charge in [-0.15, -0.1) is 0 Å². The summed E-state index contributed by atoms with van der Waals surface area (Å²) in [5.74, 6) is -1.14. The van der Waals surface area contributed by atoms with E-state index in [0.29, 0.717) is 11.1 Å². The Morgan fingerprint density at radius 3 is 0.649 bits per heavy atom. The number of anilines is 6. The molecule has 0 spiro atoms. The van der Waals surface area contributed by atoms with Crippen LogP contribution in [0.25, 0.3) is 22.3 Å². The quantitative estimate of drug-likeness (QED) is 0.0542. The van der Waals surface area contributed by atoms with Gasteiger partial charge in [0.2, 0.25) is 0 Å². The van der Waals surface area contributed by atoms with Gasteiger partial charge in [0.15, 0.2) is 11.2 Å². The maximum Gasteiger partial charge on any atom is 0.340 e. The van der Waals surface area contributed by atoms with Gasteiger partial charge in [-0.05, 0) is 187 Å². The Morgan fingerprint density at radius 1 is 0.298 bits per heavy atom. The van der Waals surface area contributed by atoms with Gasteiger partial charge in [0.05, 0.1) is 11.1 Å². The minimum atomic E-state index is -1.66. The molecule has 0 N–H and O–H groups in total. The van der Waals surface area contributed by atoms with Crippen LogP contribution in [0, 0.1) is 0 Å². The normalized spacial score (nSPS) is 15.9. The molecule has 2 atom stereocenters. The van der Waals surface area contributed by atoms with Crippen LogP contribution < -0.4 is 29.4 Å². The number of hydrogen-bond donors (Lipinski definition) is 0. The van der Waals surface area contributed by atoms with E-state index in [1.807, 2.05) is 133 Å². The summed E-state index contributed by atoms with van der Waals surface area (Å²) < 4.78 is 14.4. The van der Waals surface area contributed by atoms with Crippen molar-refractivity contribution in [3.05, 3.63) is 308 Å². The molecule has 94 heavy (non-hydrogen) atoms. The molecule has 0 amide bonds. The van der Waals surface area contributed by atoms with Crippen LogP contribution >= 0.6 is 0 Å². The van der Waals surface area contributed by atoms with E-state index in [1.54, 1.807) is 14.1 Å². The zero-order valence-electron chi connectivity index (χ0n) is 56.3. The van der Waals surface area contributed by atoms with Gasteiger partial charge in [-0.3, -0.25) is 9.98 Å². The van der Waals surface area contributed by atoms with Crippen LogP contribution in [0.1, 0.15) is 87.5 Å². The van der Waals surface area contributed by atoms with Crippen molar-refractivity contribution in [2.24, 2.45) is 9.98 Å². The Balaban J connectivity index is 1.26. The molecule has 0 saturated heterocycles. The predicted molar refractivity (Wildman–Crippen MR) is 393 cm³/mol. The fourth-order valence-electron chi connectivity index (χ4n) is 12.2. The molecule has 0 radical (unpaired) electrons. The Morgan fingerprint density at radius 2 is 0.479 bits per heavy atom. The van der Waals surface area contributed by atoms with E-state index in [2.05, 4.69) is 234 Å². The van der Waals surface area contributed by atoms with Crippen LogP contribution in [-0.4, -0.2) is 123 Å². The Kier molecular flexibility index (Phi) is 18.6. The highest BCUT2D eigenvalue weighted by Gasteiger charge is 2.50. The van der Waals surface area contributed by atoms with Crippen molar-refractivity contribution < 1.29 is 19.1 Å². The molecule has 474 valence electrons. The summed E-state index contributed by atoms with van der Waals surface area (Å²) in [7, 11) is 27.8. The smallest absolute Gasteiger partial charge is 0.340 e. The van der Waals surface area contributed by atoms with Crippen molar-refractivity contribution in [3.8, 4) is 0 Å². The number of carbonyl (C=O) groups excluding carboxylic acids is 2. The predicted octanol–water partition coefficient (Wildman–Crippen LogP) is 15.4. The number of hydrogen-bond acceptors (Lipinski definition) is 12. The molecule has 9 aromatic carbocycles. The van der Waals surface area contributed by atoms with Gasteiger partial charge in [0.1, 0.15) is 0 Å². The first-order valence-electron chi connectivity index (χ1n) is 31.5. The molecule has 12 heteroatoms. The van der Waals surface area contributed by atoms with E-state index in [1.165, 1.54) is 0 Å². The fraction of sp³-hybridized carbons (Fsp3) is 0.195. The number of rotatable bonds is 20. The molecule has 0 aromatic heterocycles. The van der Waals surface area contributed by atoms with Crippen LogP contribution in [0.4, 0.5) is 34.1 Å². The first kappa shape index (κ1) is 64.5. The van der Waals surface area contributed by atoms with Crippen molar-refractivity contribution in [1.29, 1.82) is 0 Å². The van der Waals surface area contributed by atoms with Crippen molar-refractivity contribution in [2.45, 2.75) is 11.2 Å². The average Bonchev–Trinajstić information content (AvgIpc) is 1.55. The topological polar surface area (TPSA) is 96.8 Å². The van der Waals surface area contributed by atoms with E-state index in [-0.39, 0.29) is 11.1 Å². The SMILES string of the molecule is CN=Cc1ccc(/C(=C/C2(C=C(c3ccc(N(C)C)cc3)c3ccc(N(C)C)cc3)OC(=O)c3cc4c(cc32)C(=O)OC4(C=C(c2ccc(N(C)C)cc2)c2ccc(N(C)C)cc2)/C=C(\c2ccc(C=NC)cc2)c2ccc(N(C)C)cc2)c2ccc(N(C)C)cc2)cc1. The molecule has 11 rings (SSSR count). The average molecular weight is 1240 g/mol. The van der Waals surface area contributed by atoms with E-state index < -0.39 is 23.1 Å². The molecule has 9 aromatic rings. The summed E-state index contributed by atoms with van der Waals surface area (Å²) in [6, 6.07) is 70.5. The molecule has 0 saturated carbocycles. The lowest BCUT2D eigenvalue weighted by molar-refractivity contribution is 0.0295. The molecule has 2 aliphatic rings. The summed E-state index contributed by atoms with van der Waals surface area (Å²) in [6.07, 6.45) is 11.9. The maximum absolute atomic E-state index is 15.9. The molecular formula is C82H82N8O4. The highest BCUT2D eigenvalue weighted by Crippen LogP contribution is 2.51. The number of fused-ring (bicyclic) bond motifs is 2. The summed E-state index contributed by atoms with van der Waals surface area (Å²) >= 11 is 0. The first-order chi connectivity index (χ1) is 45.2. The summed E-state index contributed by atoms with van der Waals surface area (Å²) in [5, 5.41) is 0.